The summed E-state index contributed by atoms with van der Waals surface area (Å²) in [6.45, 7) is 1.49. The molecule has 1 aromatic rings. The highest BCUT2D eigenvalue weighted by molar-refractivity contribution is 5.79. The van der Waals surface area contributed by atoms with Gasteiger partial charge in [0, 0.05) is 6.07 Å². The van der Waals surface area contributed by atoms with Crippen molar-refractivity contribution in [3.8, 4) is 5.75 Å². The van der Waals surface area contributed by atoms with E-state index in [1.807, 2.05) is 0 Å². The van der Waals surface area contributed by atoms with Gasteiger partial charge in [-0.25, -0.2) is 0 Å². The Morgan fingerprint density at radius 3 is 2.75 bits per heavy atom. The Balaban J connectivity index is 2.19. The molecule has 1 saturated carbocycles. The maximum Gasteiger partial charge on any atom is 0.327 e. The Hall–Kier alpha value is -2.15. The molecule has 1 fully saturated rings. The van der Waals surface area contributed by atoms with Crippen molar-refractivity contribution in [3.63, 3.8) is 0 Å². The summed E-state index contributed by atoms with van der Waals surface area (Å²) in [5.74, 6) is -1.23. The first-order chi connectivity index (χ1) is 9.34. The molecular formula is C13H16N2O5. The number of ether oxygens (including phenoxy) is 1. The normalized spacial score (nSPS) is 17.3. The Morgan fingerprint density at radius 1 is 1.60 bits per heavy atom. The fraction of sp³-hybridized carbons (Fsp3) is 0.462. The molecule has 3 N–H and O–H groups in total. The molecule has 7 heteroatoms. The maximum atomic E-state index is 11.3. The number of hydrogen-bond acceptors (Lipinski definition) is 5. The predicted molar refractivity (Wildman–Crippen MR) is 70.6 cm³/mol. The number of nitro benzene ring substituents is 1. The van der Waals surface area contributed by atoms with Gasteiger partial charge in [-0.15, -0.1) is 0 Å². The van der Waals surface area contributed by atoms with Crippen LogP contribution >= 0.6 is 0 Å². The zero-order valence-electron chi connectivity index (χ0n) is 11.0. The molecule has 1 aliphatic rings. The molecule has 1 aliphatic carbocycles. The van der Waals surface area contributed by atoms with Crippen LogP contribution in [0.1, 0.15) is 18.4 Å². The second-order valence-corrected chi connectivity index (χ2v) is 5.14. The minimum Gasteiger partial charge on any atom is -0.484 e. The van der Waals surface area contributed by atoms with E-state index in [2.05, 4.69) is 0 Å². The Labute approximate surface area is 115 Å². The van der Waals surface area contributed by atoms with Crippen LogP contribution in [0.5, 0.6) is 5.75 Å². The van der Waals surface area contributed by atoms with Crippen molar-refractivity contribution in [2.45, 2.75) is 25.3 Å². The van der Waals surface area contributed by atoms with E-state index in [0.29, 0.717) is 0 Å². The van der Waals surface area contributed by atoms with Gasteiger partial charge in [-0.1, -0.05) is 6.07 Å². The van der Waals surface area contributed by atoms with Gasteiger partial charge in [-0.05, 0) is 37.3 Å². The number of carbonyl (C=O) groups is 1. The second-order valence-electron chi connectivity index (χ2n) is 5.14. The molecule has 7 nitrogen and oxygen atoms in total. The summed E-state index contributed by atoms with van der Waals surface area (Å²) in [5.41, 5.74) is 4.97. The summed E-state index contributed by atoms with van der Waals surface area (Å²) in [5, 5.41) is 20.1. The monoisotopic (exact) mass is 280 g/mol. The molecule has 0 spiro atoms. The number of carboxylic acids is 1. The number of carboxylic acid groups (broad SMARTS) is 1. The highest BCUT2D eigenvalue weighted by Gasteiger charge is 2.49. The summed E-state index contributed by atoms with van der Waals surface area (Å²) in [4.78, 5) is 21.6. The van der Waals surface area contributed by atoms with Crippen LogP contribution in [0.25, 0.3) is 0 Å². The third-order valence-electron chi connectivity index (χ3n) is 3.48. The van der Waals surface area contributed by atoms with Gasteiger partial charge in [-0.2, -0.15) is 0 Å². The van der Waals surface area contributed by atoms with Crippen LogP contribution < -0.4 is 10.5 Å². The number of nitrogens with two attached hydrogens (primary N) is 1. The molecule has 0 aromatic heterocycles. The number of nitro groups is 1. The van der Waals surface area contributed by atoms with Crippen LogP contribution in [0, 0.1) is 23.0 Å². The summed E-state index contributed by atoms with van der Waals surface area (Å²) in [7, 11) is 0. The number of benzene rings is 1. The minimum atomic E-state index is -1.49. The lowest BCUT2D eigenvalue weighted by Gasteiger charge is -2.24. The van der Waals surface area contributed by atoms with Gasteiger partial charge in [0.1, 0.15) is 6.61 Å². The van der Waals surface area contributed by atoms with Crippen LogP contribution in [0.4, 0.5) is 5.69 Å². The molecule has 2 rings (SSSR count). The SMILES string of the molecule is Cc1ccc([N+](=O)[O-])c(OCC(N)(C(=O)O)C2CC2)c1. The molecule has 0 amide bonds. The number of nitrogens with zero attached hydrogens (tertiary/aromatic N) is 1. The molecule has 0 aliphatic heterocycles. The van der Waals surface area contributed by atoms with Crippen molar-refractivity contribution in [2.75, 3.05) is 6.61 Å². The lowest BCUT2D eigenvalue weighted by Crippen LogP contribution is -2.54. The van der Waals surface area contributed by atoms with E-state index in [1.54, 1.807) is 13.0 Å². The molecule has 1 aromatic carbocycles. The minimum absolute atomic E-state index is 0.0479. The van der Waals surface area contributed by atoms with E-state index in [9.17, 15) is 20.0 Å². The van der Waals surface area contributed by atoms with Gasteiger partial charge in [0.25, 0.3) is 0 Å². The molecule has 0 heterocycles. The number of aryl methyl sites for hydroxylation is 1. The Kier molecular flexibility index (Phi) is 3.63. The van der Waals surface area contributed by atoms with E-state index in [4.69, 9.17) is 10.5 Å². The van der Waals surface area contributed by atoms with Gasteiger partial charge >= 0.3 is 11.7 Å². The van der Waals surface area contributed by atoms with Gasteiger partial charge < -0.3 is 15.6 Å². The Bertz CT molecular complexity index is 556. The number of rotatable bonds is 6. The fourth-order valence-electron chi connectivity index (χ4n) is 2.04. The lowest BCUT2D eigenvalue weighted by molar-refractivity contribution is -0.385. The van der Waals surface area contributed by atoms with Crippen molar-refractivity contribution in [1.29, 1.82) is 0 Å². The molecule has 0 bridgehead atoms. The summed E-state index contributed by atoms with van der Waals surface area (Å²) in [6, 6.07) is 4.44. The van der Waals surface area contributed by atoms with Crippen molar-refractivity contribution >= 4 is 11.7 Å². The zero-order chi connectivity index (χ0) is 14.9. The predicted octanol–water partition coefficient (Wildman–Crippen LogP) is 1.47. The van der Waals surface area contributed by atoms with Crippen molar-refractivity contribution < 1.29 is 19.6 Å². The number of aliphatic carboxylic acids is 1. The van der Waals surface area contributed by atoms with E-state index in [0.717, 1.165) is 18.4 Å². The van der Waals surface area contributed by atoms with Crippen molar-refractivity contribution in [1.82, 2.24) is 0 Å². The third kappa shape index (κ3) is 2.72. The van der Waals surface area contributed by atoms with Crippen LogP contribution in [0.15, 0.2) is 18.2 Å². The van der Waals surface area contributed by atoms with Crippen LogP contribution in [0.2, 0.25) is 0 Å². The second kappa shape index (κ2) is 5.09. The maximum absolute atomic E-state index is 11.3. The number of hydrogen-bond donors (Lipinski definition) is 2. The van der Waals surface area contributed by atoms with Gasteiger partial charge in [0.2, 0.25) is 0 Å². The highest BCUT2D eigenvalue weighted by atomic mass is 16.6. The molecule has 0 radical (unpaired) electrons. The quantitative estimate of drug-likeness (QED) is 0.602. The smallest absolute Gasteiger partial charge is 0.327 e. The summed E-state index contributed by atoms with van der Waals surface area (Å²) >= 11 is 0. The highest BCUT2D eigenvalue weighted by Crippen LogP contribution is 2.39. The molecular weight excluding hydrogens is 264 g/mol. The van der Waals surface area contributed by atoms with Crippen LogP contribution in [-0.2, 0) is 4.79 Å². The first-order valence-electron chi connectivity index (χ1n) is 6.24. The third-order valence-corrected chi connectivity index (χ3v) is 3.48. The Morgan fingerprint density at radius 2 is 2.25 bits per heavy atom. The zero-order valence-corrected chi connectivity index (χ0v) is 11.0. The first-order valence-corrected chi connectivity index (χ1v) is 6.24. The molecule has 1 unspecified atom stereocenters. The largest absolute Gasteiger partial charge is 0.484 e. The first kappa shape index (κ1) is 14.3. The average molecular weight is 280 g/mol. The molecule has 0 saturated heterocycles. The van der Waals surface area contributed by atoms with Crippen molar-refractivity contribution in [3.05, 3.63) is 33.9 Å². The van der Waals surface area contributed by atoms with E-state index < -0.39 is 16.4 Å². The summed E-state index contributed by atoms with van der Waals surface area (Å²) in [6.07, 6.45) is 1.48. The van der Waals surface area contributed by atoms with E-state index in [-0.39, 0.29) is 24.0 Å². The standard InChI is InChI=1S/C13H16N2O5/c1-8-2-5-10(15(18)19)11(6-8)20-7-13(14,12(16)17)9-3-4-9/h2,5-6,9H,3-4,7,14H2,1H3,(H,16,17). The average Bonchev–Trinajstić information content (AvgIpc) is 3.19. The molecule has 108 valence electrons. The fourth-order valence-corrected chi connectivity index (χ4v) is 2.04. The van der Waals surface area contributed by atoms with Crippen molar-refractivity contribution in [2.24, 2.45) is 11.7 Å². The molecule has 20 heavy (non-hydrogen) atoms. The van der Waals surface area contributed by atoms with Crippen LogP contribution in [0.3, 0.4) is 0 Å². The van der Waals surface area contributed by atoms with Gasteiger partial charge in [0.15, 0.2) is 11.3 Å². The van der Waals surface area contributed by atoms with E-state index >= 15 is 0 Å². The lowest BCUT2D eigenvalue weighted by atomic mass is 9.96. The summed E-state index contributed by atoms with van der Waals surface area (Å²) < 4.78 is 5.36. The van der Waals surface area contributed by atoms with Gasteiger partial charge in [-0.3, -0.25) is 14.9 Å². The van der Waals surface area contributed by atoms with Gasteiger partial charge in [0.05, 0.1) is 4.92 Å². The van der Waals surface area contributed by atoms with Crippen LogP contribution in [-0.4, -0.2) is 28.1 Å². The molecule has 1 atom stereocenters. The topological polar surface area (TPSA) is 116 Å². The van der Waals surface area contributed by atoms with E-state index in [1.165, 1.54) is 12.1 Å².